The SMILES string of the molecule is O=c1c(Cc2ccccc2)cn2c3c(cccc13)COc1ccc(C(F)(F)F)cc1-2. The highest BCUT2D eigenvalue weighted by molar-refractivity contribution is 5.85. The van der Waals surface area contributed by atoms with Gasteiger partial charge >= 0.3 is 6.18 Å². The molecule has 0 amide bonds. The number of nitrogens with zero attached hydrogens (tertiary/aromatic N) is 1. The van der Waals surface area contributed by atoms with Crippen LogP contribution in [0.2, 0.25) is 0 Å². The first-order valence-electron chi connectivity index (χ1n) is 9.46. The number of benzene rings is 3. The number of hydrogen-bond donors (Lipinski definition) is 0. The fourth-order valence-electron chi connectivity index (χ4n) is 3.92. The molecule has 0 saturated carbocycles. The Morgan fingerprint density at radius 3 is 2.53 bits per heavy atom. The molecule has 0 unspecified atom stereocenters. The number of fused-ring (bicyclic) bond motifs is 2. The second-order valence-electron chi connectivity index (χ2n) is 7.30. The molecule has 4 aromatic rings. The molecule has 3 nitrogen and oxygen atoms in total. The quantitative estimate of drug-likeness (QED) is 0.440. The normalized spacial score (nSPS) is 12.9. The van der Waals surface area contributed by atoms with Gasteiger partial charge in [-0.1, -0.05) is 42.5 Å². The number of halogens is 3. The summed E-state index contributed by atoms with van der Waals surface area (Å²) < 4.78 is 47.6. The molecule has 0 aliphatic carbocycles. The molecule has 2 heterocycles. The lowest BCUT2D eigenvalue weighted by Crippen LogP contribution is -2.15. The highest BCUT2D eigenvalue weighted by atomic mass is 19.4. The summed E-state index contributed by atoms with van der Waals surface area (Å²) in [6.45, 7) is 0.174. The summed E-state index contributed by atoms with van der Waals surface area (Å²) in [5.74, 6) is 0.342. The summed E-state index contributed by atoms with van der Waals surface area (Å²) >= 11 is 0. The van der Waals surface area contributed by atoms with Crippen molar-refractivity contribution in [3.63, 3.8) is 0 Å². The Morgan fingerprint density at radius 2 is 1.77 bits per heavy atom. The van der Waals surface area contributed by atoms with Crippen LogP contribution in [0.4, 0.5) is 13.2 Å². The Bertz CT molecular complexity index is 1320. The molecule has 5 rings (SSSR count). The number of pyridine rings is 1. The Hall–Kier alpha value is -3.54. The van der Waals surface area contributed by atoms with E-state index in [1.54, 1.807) is 22.9 Å². The maximum Gasteiger partial charge on any atom is 0.416 e. The van der Waals surface area contributed by atoms with Gasteiger partial charge in [0.25, 0.3) is 0 Å². The summed E-state index contributed by atoms with van der Waals surface area (Å²) in [5, 5.41) is 0.467. The number of para-hydroxylation sites is 1. The Labute approximate surface area is 170 Å². The van der Waals surface area contributed by atoms with Crippen LogP contribution in [0.15, 0.2) is 77.7 Å². The highest BCUT2D eigenvalue weighted by Crippen LogP contribution is 2.37. The number of ether oxygens (including phenoxy) is 1. The van der Waals surface area contributed by atoms with Gasteiger partial charge in [-0.15, -0.1) is 0 Å². The topological polar surface area (TPSA) is 31.2 Å². The van der Waals surface area contributed by atoms with Crippen molar-refractivity contribution in [3.05, 3.63) is 105 Å². The predicted molar refractivity (Wildman–Crippen MR) is 108 cm³/mol. The maximum atomic E-state index is 13.4. The first-order chi connectivity index (χ1) is 14.4. The lowest BCUT2D eigenvalue weighted by Gasteiger charge is -2.16. The minimum Gasteiger partial charge on any atom is -0.487 e. The molecule has 3 aromatic carbocycles. The lowest BCUT2D eigenvalue weighted by atomic mass is 10.0. The van der Waals surface area contributed by atoms with Gasteiger partial charge in [-0.05, 0) is 29.8 Å². The smallest absolute Gasteiger partial charge is 0.416 e. The number of rotatable bonds is 2. The Kier molecular flexibility index (Phi) is 4.17. The van der Waals surface area contributed by atoms with Crippen LogP contribution in [0, 0.1) is 0 Å². The zero-order valence-electron chi connectivity index (χ0n) is 15.7. The molecule has 30 heavy (non-hydrogen) atoms. The van der Waals surface area contributed by atoms with E-state index in [1.807, 2.05) is 36.4 Å². The van der Waals surface area contributed by atoms with E-state index in [-0.39, 0.29) is 17.7 Å². The molecular weight excluding hydrogens is 391 g/mol. The van der Waals surface area contributed by atoms with Gasteiger partial charge in [0.15, 0.2) is 5.43 Å². The van der Waals surface area contributed by atoms with Crippen LogP contribution in [0.3, 0.4) is 0 Å². The van der Waals surface area contributed by atoms with Gasteiger partial charge in [0.1, 0.15) is 12.4 Å². The maximum absolute atomic E-state index is 13.4. The Balaban J connectivity index is 1.80. The zero-order chi connectivity index (χ0) is 20.9. The van der Waals surface area contributed by atoms with Crippen molar-refractivity contribution in [1.29, 1.82) is 0 Å². The van der Waals surface area contributed by atoms with Gasteiger partial charge in [0.2, 0.25) is 0 Å². The van der Waals surface area contributed by atoms with E-state index in [9.17, 15) is 18.0 Å². The molecule has 0 atom stereocenters. The van der Waals surface area contributed by atoms with Crippen molar-refractivity contribution in [2.45, 2.75) is 19.2 Å². The monoisotopic (exact) mass is 407 g/mol. The molecule has 1 aliphatic heterocycles. The van der Waals surface area contributed by atoms with E-state index in [0.29, 0.717) is 28.6 Å². The standard InChI is InChI=1S/C24H16F3NO2/c25-24(26,27)18-9-10-21-20(12-18)28-13-17(11-15-5-2-1-3-6-15)23(29)19-8-4-7-16(14-30-21)22(19)28/h1-10,12-13H,11,14H2. The fourth-order valence-corrected chi connectivity index (χ4v) is 3.92. The molecule has 0 radical (unpaired) electrons. The van der Waals surface area contributed by atoms with E-state index < -0.39 is 11.7 Å². The van der Waals surface area contributed by atoms with Gasteiger partial charge in [0.05, 0.1) is 16.8 Å². The van der Waals surface area contributed by atoms with Crippen molar-refractivity contribution >= 4 is 10.9 Å². The third kappa shape index (κ3) is 3.05. The summed E-state index contributed by atoms with van der Waals surface area (Å²) in [7, 11) is 0. The van der Waals surface area contributed by atoms with E-state index in [2.05, 4.69) is 0 Å². The van der Waals surface area contributed by atoms with Crippen molar-refractivity contribution in [2.75, 3.05) is 0 Å². The lowest BCUT2D eigenvalue weighted by molar-refractivity contribution is -0.137. The third-order valence-corrected chi connectivity index (χ3v) is 5.35. The minimum atomic E-state index is -4.48. The molecule has 1 aliphatic rings. The average Bonchev–Trinajstić information content (AvgIpc) is 2.89. The van der Waals surface area contributed by atoms with Crippen LogP contribution in [-0.4, -0.2) is 4.57 Å². The van der Waals surface area contributed by atoms with E-state index in [4.69, 9.17) is 4.74 Å². The molecule has 0 fully saturated rings. The van der Waals surface area contributed by atoms with E-state index in [1.165, 1.54) is 6.07 Å². The summed E-state index contributed by atoms with van der Waals surface area (Å²) in [5.41, 5.74) is 2.18. The van der Waals surface area contributed by atoms with Gasteiger partial charge in [0, 0.05) is 29.1 Å². The van der Waals surface area contributed by atoms with Gasteiger partial charge < -0.3 is 9.30 Å². The van der Waals surface area contributed by atoms with Crippen molar-refractivity contribution in [2.24, 2.45) is 0 Å². The molecule has 0 spiro atoms. The van der Waals surface area contributed by atoms with E-state index in [0.717, 1.165) is 23.3 Å². The van der Waals surface area contributed by atoms with Gasteiger partial charge in [-0.2, -0.15) is 13.2 Å². The van der Waals surface area contributed by atoms with E-state index >= 15 is 0 Å². The zero-order valence-corrected chi connectivity index (χ0v) is 15.7. The van der Waals surface area contributed by atoms with Crippen LogP contribution in [0.25, 0.3) is 16.6 Å². The third-order valence-electron chi connectivity index (χ3n) is 5.35. The summed E-state index contributed by atoms with van der Waals surface area (Å²) in [6, 6.07) is 18.2. The average molecular weight is 407 g/mol. The second kappa shape index (κ2) is 6.76. The molecule has 6 heteroatoms. The first kappa shape index (κ1) is 18.5. The van der Waals surface area contributed by atoms with Crippen LogP contribution < -0.4 is 10.2 Å². The van der Waals surface area contributed by atoms with Crippen LogP contribution >= 0.6 is 0 Å². The van der Waals surface area contributed by atoms with Gasteiger partial charge in [-0.3, -0.25) is 4.79 Å². The first-order valence-corrected chi connectivity index (χ1v) is 9.46. The number of aromatic nitrogens is 1. The van der Waals surface area contributed by atoms with Crippen LogP contribution in [-0.2, 0) is 19.2 Å². The molecule has 150 valence electrons. The van der Waals surface area contributed by atoms with Crippen molar-refractivity contribution in [1.82, 2.24) is 4.57 Å². The van der Waals surface area contributed by atoms with Crippen molar-refractivity contribution in [3.8, 4) is 11.4 Å². The minimum absolute atomic E-state index is 0.123. The molecule has 0 bridgehead atoms. The molecule has 0 N–H and O–H groups in total. The molecule has 1 aromatic heterocycles. The Morgan fingerprint density at radius 1 is 0.967 bits per heavy atom. The van der Waals surface area contributed by atoms with Crippen LogP contribution in [0.5, 0.6) is 5.75 Å². The van der Waals surface area contributed by atoms with Gasteiger partial charge in [-0.25, -0.2) is 0 Å². The summed E-state index contributed by atoms with van der Waals surface area (Å²) in [4.78, 5) is 13.2. The number of alkyl halides is 3. The molecule has 0 saturated heterocycles. The largest absolute Gasteiger partial charge is 0.487 e. The number of hydrogen-bond acceptors (Lipinski definition) is 2. The predicted octanol–water partition coefficient (Wildman–Crippen LogP) is 5.49. The van der Waals surface area contributed by atoms with Crippen LogP contribution in [0.1, 0.15) is 22.3 Å². The highest BCUT2D eigenvalue weighted by Gasteiger charge is 2.32. The fraction of sp³-hybridized carbons (Fsp3) is 0.125. The second-order valence-corrected chi connectivity index (χ2v) is 7.30. The van der Waals surface area contributed by atoms with Crippen molar-refractivity contribution < 1.29 is 17.9 Å². The summed E-state index contributed by atoms with van der Waals surface area (Å²) in [6.07, 6.45) is -2.45. The molecular formula is C24H16F3NO2.